The van der Waals surface area contributed by atoms with Gasteiger partial charge in [0.05, 0.1) is 35.3 Å². The summed E-state index contributed by atoms with van der Waals surface area (Å²) in [6, 6.07) is 5.50. The molecule has 3 aliphatic heterocycles. The number of benzene rings is 1. The Bertz CT molecular complexity index is 2360. The van der Waals surface area contributed by atoms with Crippen LogP contribution in [0.25, 0.3) is 10.9 Å². The van der Waals surface area contributed by atoms with Crippen LogP contribution in [0.3, 0.4) is 0 Å². The van der Waals surface area contributed by atoms with Crippen LogP contribution in [0.2, 0.25) is 0 Å². The van der Waals surface area contributed by atoms with Gasteiger partial charge in [0, 0.05) is 35.8 Å². The Morgan fingerprint density at radius 3 is 2.49 bits per heavy atom. The quantitative estimate of drug-likeness (QED) is 0.323. The molecule has 4 heterocycles. The maximum Gasteiger partial charge on any atom is 0.408 e. The number of carbonyl (C=O) groups is 4. The normalized spacial score (nSPS) is 28.3. The number of allylic oxidation sites excluding steroid dienone is 1. The van der Waals surface area contributed by atoms with E-state index in [2.05, 4.69) is 15.4 Å². The van der Waals surface area contributed by atoms with E-state index in [0.29, 0.717) is 56.4 Å². The number of aromatic nitrogens is 1. The number of para-hydroxylation sites is 1. The minimum atomic E-state index is -4.03. The molecular weight excluding hydrogens is 825 g/mol. The number of hydrogen-bond donors (Lipinski definition) is 3. The lowest BCUT2D eigenvalue weighted by atomic mass is 9.87. The number of aryl methyl sites for hydroxylation is 2. The molecule has 0 radical (unpaired) electrons. The SMILES string of the molecule is Cc1nc2ccccc2c2c1OC1(CC2)CC2C(=O)NC3(C(=O)NS(=O)(=O)C4(C)CC4)CC3C=CCCCCCC(NC(=O)OC(CN(C)S(C)(=O)=O)C(C)(C)C)C(=O)N2C1. The molecule has 2 aliphatic carbocycles. The molecule has 3 N–H and O–H groups in total. The Labute approximate surface area is 359 Å². The van der Waals surface area contributed by atoms with Gasteiger partial charge in [-0.2, -0.15) is 0 Å². The summed E-state index contributed by atoms with van der Waals surface area (Å²) >= 11 is 0. The molecule has 4 amide bonds. The highest BCUT2D eigenvalue weighted by Gasteiger charge is 2.64. The van der Waals surface area contributed by atoms with Gasteiger partial charge in [-0.05, 0) is 71.3 Å². The van der Waals surface area contributed by atoms with Gasteiger partial charge in [-0.3, -0.25) is 19.1 Å². The molecular formula is C43H60N6O10S2. The number of sulfonamides is 2. The van der Waals surface area contributed by atoms with Crippen LogP contribution in [0, 0.1) is 18.3 Å². The zero-order valence-electron chi connectivity index (χ0n) is 36.2. The summed E-state index contributed by atoms with van der Waals surface area (Å²) in [6.45, 7) is 8.78. The smallest absolute Gasteiger partial charge is 0.408 e. The first-order valence-corrected chi connectivity index (χ1v) is 24.6. The number of nitrogens with one attached hydrogen (secondary N) is 3. The van der Waals surface area contributed by atoms with Crippen molar-refractivity contribution in [3.8, 4) is 5.75 Å². The molecule has 1 aromatic heterocycles. The van der Waals surface area contributed by atoms with Gasteiger partial charge < -0.3 is 25.0 Å². The summed E-state index contributed by atoms with van der Waals surface area (Å²) in [4.78, 5) is 63.8. The zero-order valence-corrected chi connectivity index (χ0v) is 37.8. The van der Waals surface area contributed by atoms with Crippen LogP contribution in [-0.2, 0) is 45.6 Å². The van der Waals surface area contributed by atoms with E-state index in [9.17, 15) is 31.2 Å². The fraction of sp³-hybridized carbons (Fsp3) is 0.651. The number of nitrogens with zero attached hydrogens (tertiary/aromatic N) is 3. The van der Waals surface area contributed by atoms with E-state index in [-0.39, 0.29) is 32.4 Å². The second-order valence-electron chi connectivity index (χ2n) is 19.2. The van der Waals surface area contributed by atoms with Gasteiger partial charge in [0.15, 0.2) is 0 Å². The van der Waals surface area contributed by atoms with Crippen LogP contribution in [0.5, 0.6) is 5.75 Å². The molecule has 61 heavy (non-hydrogen) atoms. The summed E-state index contributed by atoms with van der Waals surface area (Å²) in [7, 11) is -6.23. The summed E-state index contributed by atoms with van der Waals surface area (Å²) in [6.07, 6.45) is 8.05. The zero-order chi connectivity index (χ0) is 44.3. The van der Waals surface area contributed by atoms with E-state index in [1.165, 1.54) is 11.9 Å². The van der Waals surface area contributed by atoms with Crippen molar-refractivity contribution in [2.24, 2.45) is 11.3 Å². The molecule has 6 atom stereocenters. The molecule has 1 saturated heterocycles. The van der Waals surface area contributed by atoms with Crippen LogP contribution < -0.4 is 20.1 Å². The van der Waals surface area contributed by atoms with Crippen molar-refractivity contribution in [3.05, 3.63) is 47.7 Å². The number of carbonyl (C=O) groups excluding carboxylic acids is 4. The molecule has 1 spiro atoms. The van der Waals surface area contributed by atoms with Gasteiger partial charge in [-0.25, -0.2) is 30.9 Å². The lowest BCUT2D eigenvalue weighted by Crippen LogP contribution is -2.58. The number of amides is 4. The first-order valence-electron chi connectivity index (χ1n) is 21.3. The predicted octanol–water partition coefficient (Wildman–Crippen LogP) is 4.00. The van der Waals surface area contributed by atoms with Gasteiger partial charge in [0.2, 0.25) is 31.9 Å². The van der Waals surface area contributed by atoms with Crippen molar-refractivity contribution in [2.45, 2.75) is 139 Å². The Morgan fingerprint density at radius 1 is 1.08 bits per heavy atom. The van der Waals surface area contributed by atoms with Crippen molar-refractivity contribution in [1.29, 1.82) is 0 Å². The summed E-state index contributed by atoms with van der Waals surface area (Å²) in [5, 5.41) is 6.67. The second kappa shape index (κ2) is 16.1. The Kier molecular flexibility index (Phi) is 11.8. The molecule has 2 saturated carbocycles. The van der Waals surface area contributed by atoms with Crippen molar-refractivity contribution in [1.82, 2.24) is 29.5 Å². The Morgan fingerprint density at radius 2 is 1.80 bits per heavy atom. The Hall–Kier alpha value is -4.29. The number of fused-ring (bicyclic) bond motifs is 5. The molecule has 16 nitrogen and oxygen atoms in total. The first kappa shape index (κ1) is 44.8. The van der Waals surface area contributed by atoms with Gasteiger partial charge in [0.1, 0.15) is 35.1 Å². The maximum absolute atomic E-state index is 15.0. The number of pyridine rings is 1. The Balaban J connectivity index is 1.21. The third-order valence-corrected chi connectivity index (χ3v) is 16.8. The van der Waals surface area contributed by atoms with Crippen LogP contribution in [0.15, 0.2) is 36.4 Å². The van der Waals surface area contributed by atoms with E-state index in [4.69, 9.17) is 14.5 Å². The van der Waals surface area contributed by atoms with E-state index in [1.807, 2.05) is 64.1 Å². The lowest BCUT2D eigenvalue weighted by molar-refractivity contribution is -0.141. The first-order chi connectivity index (χ1) is 28.5. The highest BCUT2D eigenvalue weighted by atomic mass is 32.2. The number of likely N-dealkylation sites (N-methyl/N-ethyl adjacent to an activating group) is 1. The molecule has 7 rings (SSSR count). The van der Waals surface area contributed by atoms with Crippen LogP contribution in [0.4, 0.5) is 4.79 Å². The maximum atomic E-state index is 15.0. The third-order valence-electron chi connectivity index (χ3n) is 13.4. The predicted molar refractivity (Wildman–Crippen MR) is 228 cm³/mol. The lowest BCUT2D eigenvalue weighted by Gasteiger charge is -2.37. The number of alkyl carbamates (subject to hydrolysis) is 1. The standard InChI is InChI=1S/C43H60N6O10S2/c1-27-35-30(29-16-13-14-17-31(29)44-27)19-20-42(59-35)24-33-36(50)46-43(38(52)47-61(56,57)41(5)21-22-41)23-28(43)15-11-9-8-10-12-18-32(37(51)49(33)26-42)45-39(53)58-34(40(2,3)4)25-48(6)60(7,54)55/h11,13-17,28,32-34H,8-10,12,18-26H2,1-7H3,(H,45,53)(H,46,50)(H,47,52). The third kappa shape index (κ3) is 9.13. The van der Waals surface area contributed by atoms with Crippen molar-refractivity contribution < 1.29 is 45.5 Å². The van der Waals surface area contributed by atoms with Gasteiger partial charge in [-0.15, -0.1) is 0 Å². The van der Waals surface area contributed by atoms with Crippen molar-refractivity contribution in [3.63, 3.8) is 0 Å². The van der Waals surface area contributed by atoms with E-state index >= 15 is 4.79 Å². The van der Waals surface area contributed by atoms with Crippen LogP contribution >= 0.6 is 0 Å². The monoisotopic (exact) mass is 884 g/mol. The molecule has 6 unspecified atom stereocenters. The molecule has 2 aromatic rings. The fourth-order valence-corrected chi connectivity index (χ4v) is 10.5. The van der Waals surface area contributed by atoms with Crippen LogP contribution in [-0.4, -0.2) is 115 Å². The highest BCUT2D eigenvalue weighted by molar-refractivity contribution is 7.91. The van der Waals surface area contributed by atoms with Gasteiger partial charge in [0.25, 0.3) is 5.91 Å². The van der Waals surface area contributed by atoms with E-state index in [0.717, 1.165) is 33.4 Å². The fourth-order valence-electron chi connectivity index (χ4n) is 8.80. The largest absolute Gasteiger partial charge is 0.483 e. The highest BCUT2D eigenvalue weighted by Crippen LogP contribution is 2.49. The molecule has 0 bridgehead atoms. The van der Waals surface area contributed by atoms with E-state index in [1.54, 1.807) is 6.92 Å². The minimum Gasteiger partial charge on any atom is -0.483 e. The number of rotatable bonds is 8. The second-order valence-corrected chi connectivity index (χ2v) is 23.5. The topological polar surface area (TPSA) is 210 Å². The summed E-state index contributed by atoms with van der Waals surface area (Å²) in [5.74, 6) is -1.87. The summed E-state index contributed by atoms with van der Waals surface area (Å²) in [5.41, 5.74) is -0.784. The van der Waals surface area contributed by atoms with E-state index < -0.39 is 89.3 Å². The molecule has 334 valence electrons. The van der Waals surface area contributed by atoms with Crippen molar-refractivity contribution in [2.75, 3.05) is 26.4 Å². The number of hydrogen-bond acceptors (Lipinski definition) is 11. The molecule has 1 aromatic carbocycles. The van der Waals surface area contributed by atoms with Crippen LogP contribution in [0.1, 0.15) is 103 Å². The minimum absolute atomic E-state index is 0.0120. The average Bonchev–Trinajstić information content (AvgIpc) is 4.07. The summed E-state index contributed by atoms with van der Waals surface area (Å²) < 4.78 is 66.2. The average molecular weight is 885 g/mol. The molecule has 18 heteroatoms. The van der Waals surface area contributed by atoms with Gasteiger partial charge >= 0.3 is 6.09 Å². The molecule has 3 fully saturated rings. The van der Waals surface area contributed by atoms with Gasteiger partial charge in [-0.1, -0.05) is 64.0 Å². The molecule has 5 aliphatic rings. The number of ether oxygens (including phenoxy) is 2. The van der Waals surface area contributed by atoms with Crippen molar-refractivity contribution >= 4 is 54.8 Å².